The highest BCUT2D eigenvalue weighted by Gasteiger charge is 2.32. The van der Waals surface area contributed by atoms with Crippen LogP contribution in [0.25, 0.3) is 0 Å². The number of nitrogens with one attached hydrogen (secondary N) is 4. The van der Waals surface area contributed by atoms with Gasteiger partial charge in [-0.15, -0.1) is 0 Å². The van der Waals surface area contributed by atoms with Gasteiger partial charge in [-0.2, -0.15) is 0 Å². The number of aliphatic carboxylic acids is 1. The van der Waals surface area contributed by atoms with Gasteiger partial charge in [-0.1, -0.05) is 30.7 Å². The largest absolute Gasteiger partial charge is 0.508 e. The molecule has 0 saturated carbocycles. The average molecular weight is 729 g/mol. The third kappa shape index (κ3) is 16.1. The lowest BCUT2D eigenvalue weighted by molar-refractivity contribution is -0.142. The van der Waals surface area contributed by atoms with E-state index in [-0.39, 0.29) is 37.2 Å². The van der Waals surface area contributed by atoms with Crippen LogP contribution in [0.4, 0.5) is 0 Å². The predicted molar refractivity (Wildman–Crippen MR) is 196 cm³/mol. The van der Waals surface area contributed by atoms with Crippen molar-refractivity contribution in [1.29, 1.82) is 0 Å². The maximum atomic E-state index is 13.9. The van der Waals surface area contributed by atoms with E-state index in [9.17, 15) is 39.3 Å². The van der Waals surface area contributed by atoms with Crippen LogP contribution in [0, 0.1) is 0 Å². The van der Waals surface area contributed by atoms with Gasteiger partial charge in [0.25, 0.3) is 0 Å². The fourth-order valence-electron chi connectivity index (χ4n) is 5.40. The van der Waals surface area contributed by atoms with Crippen LogP contribution in [-0.4, -0.2) is 94.8 Å². The SMILES string of the molecule is NCCCC[C@@H](N)C(=O)N[C@H](Cc1ccc(O)cc1)C(=O)N[C@@H](CCCCN)C(=O)N[C@H](Cc1ccc(O)cc1)C(=O)N[C@H](CCCCN)C(=O)O. The van der Waals surface area contributed by atoms with Gasteiger partial charge in [0, 0.05) is 12.8 Å². The van der Waals surface area contributed by atoms with E-state index >= 15 is 0 Å². The van der Waals surface area contributed by atoms with Crippen molar-refractivity contribution in [3.8, 4) is 11.5 Å². The first-order chi connectivity index (χ1) is 24.9. The maximum absolute atomic E-state index is 13.9. The van der Waals surface area contributed by atoms with Gasteiger partial charge >= 0.3 is 5.97 Å². The summed E-state index contributed by atoms with van der Waals surface area (Å²) in [6.07, 6.45) is 3.84. The van der Waals surface area contributed by atoms with E-state index in [1.54, 1.807) is 24.3 Å². The van der Waals surface area contributed by atoms with Gasteiger partial charge in [0.15, 0.2) is 0 Å². The number of rotatable bonds is 25. The zero-order valence-corrected chi connectivity index (χ0v) is 29.6. The summed E-state index contributed by atoms with van der Waals surface area (Å²) in [5.41, 5.74) is 24.1. The highest BCUT2D eigenvalue weighted by Crippen LogP contribution is 2.15. The number of hydrogen-bond donors (Lipinski definition) is 11. The van der Waals surface area contributed by atoms with Gasteiger partial charge in [-0.3, -0.25) is 19.2 Å². The number of carbonyl (C=O) groups is 5. The predicted octanol–water partition coefficient (Wildman–Crippen LogP) is -0.379. The highest BCUT2D eigenvalue weighted by molar-refractivity contribution is 5.95. The Morgan fingerprint density at radius 2 is 0.846 bits per heavy atom. The Kier molecular flexibility index (Phi) is 19.7. The fraction of sp³-hybridized carbons (Fsp3) is 0.528. The van der Waals surface area contributed by atoms with Crippen LogP contribution >= 0.6 is 0 Å². The van der Waals surface area contributed by atoms with Crippen molar-refractivity contribution in [2.75, 3.05) is 19.6 Å². The molecular weight excluding hydrogens is 672 g/mol. The molecule has 16 nitrogen and oxygen atoms in total. The number of carboxylic acid groups (broad SMARTS) is 1. The molecule has 0 aliphatic carbocycles. The number of phenols is 2. The van der Waals surface area contributed by atoms with Crippen molar-refractivity contribution < 1.29 is 39.3 Å². The molecule has 5 atom stereocenters. The van der Waals surface area contributed by atoms with E-state index in [0.717, 1.165) is 0 Å². The molecule has 2 aromatic rings. The molecule has 0 bridgehead atoms. The van der Waals surface area contributed by atoms with Crippen LogP contribution in [0.2, 0.25) is 0 Å². The Hall–Kier alpha value is -4.77. The normalized spacial score (nSPS) is 13.9. The van der Waals surface area contributed by atoms with Crippen molar-refractivity contribution in [1.82, 2.24) is 21.3 Å². The van der Waals surface area contributed by atoms with E-state index < -0.39 is 59.8 Å². The van der Waals surface area contributed by atoms with Gasteiger partial charge < -0.3 is 59.5 Å². The van der Waals surface area contributed by atoms with Crippen molar-refractivity contribution in [2.24, 2.45) is 22.9 Å². The molecular formula is C36H56N8O8. The van der Waals surface area contributed by atoms with E-state index in [4.69, 9.17) is 22.9 Å². The van der Waals surface area contributed by atoms with E-state index in [0.29, 0.717) is 75.7 Å². The summed E-state index contributed by atoms with van der Waals surface area (Å²) in [6.45, 7) is 1.13. The van der Waals surface area contributed by atoms with Gasteiger partial charge in [0.2, 0.25) is 23.6 Å². The Morgan fingerprint density at radius 3 is 1.27 bits per heavy atom. The summed E-state index contributed by atoms with van der Waals surface area (Å²) in [7, 11) is 0. The topological polar surface area (TPSA) is 298 Å². The van der Waals surface area contributed by atoms with E-state index in [2.05, 4.69) is 21.3 Å². The molecule has 288 valence electrons. The van der Waals surface area contributed by atoms with Crippen molar-refractivity contribution in [2.45, 2.75) is 101 Å². The number of hydrogen-bond acceptors (Lipinski definition) is 11. The smallest absolute Gasteiger partial charge is 0.326 e. The molecule has 16 heteroatoms. The van der Waals surface area contributed by atoms with Crippen LogP contribution in [0.5, 0.6) is 11.5 Å². The Labute approximate surface area is 304 Å². The molecule has 0 aromatic heterocycles. The van der Waals surface area contributed by atoms with Gasteiger partial charge in [0.1, 0.15) is 35.7 Å². The number of nitrogens with two attached hydrogens (primary N) is 4. The molecule has 0 unspecified atom stereocenters. The molecule has 0 aliphatic rings. The van der Waals surface area contributed by atoms with Crippen LogP contribution in [0.15, 0.2) is 48.5 Å². The molecule has 0 heterocycles. The van der Waals surface area contributed by atoms with E-state index in [1.165, 1.54) is 24.3 Å². The summed E-state index contributed by atoms with van der Waals surface area (Å²) >= 11 is 0. The number of phenolic OH excluding ortho intramolecular Hbond substituents is 2. The summed E-state index contributed by atoms with van der Waals surface area (Å²) < 4.78 is 0. The molecule has 0 aliphatic heterocycles. The second-order valence-electron chi connectivity index (χ2n) is 12.8. The third-order valence-corrected chi connectivity index (χ3v) is 8.47. The first kappa shape index (κ1) is 43.4. The summed E-state index contributed by atoms with van der Waals surface area (Å²) in [5, 5.41) is 39.9. The monoisotopic (exact) mass is 728 g/mol. The number of carboxylic acids is 1. The number of amides is 4. The molecule has 4 amide bonds. The number of benzene rings is 2. The second kappa shape index (κ2) is 23.7. The van der Waals surface area contributed by atoms with Crippen LogP contribution in [0.3, 0.4) is 0 Å². The van der Waals surface area contributed by atoms with Crippen molar-refractivity contribution in [3.63, 3.8) is 0 Å². The first-order valence-electron chi connectivity index (χ1n) is 17.7. The molecule has 2 aromatic carbocycles. The van der Waals surface area contributed by atoms with Gasteiger partial charge in [-0.05, 0) is 106 Å². The van der Waals surface area contributed by atoms with Crippen molar-refractivity contribution in [3.05, 3.63) is 59.7 Å². The molecule has 52 heavy (non-hydrogen) atoms. The quantitative estimate of drug-likeness (QED) is 0.0584. The average Bonchev–Trinajstić information content (AvgIpc) is 3.11. The number of aromatic hydroxyl groups is 2. The van der Waals surface area contributed by atoms with Crippen LogP contribution in [0.1, 0.15) is 68.9 Å². The summed E-state index contributed by atoms with van der Waals surface area (Å²) in [6, 6.07) is 6.31. The lowest BCUT2D eigenvalue weighted by atomic mass is 10.0. The highest BCUT2D eigenvalue weighted by atomic mass is 16.4. The first-order valence-corrected chi connectivity index (χ1v) is 17.7. The van der Waals surface area contributed by atoms with Crippen LogP contribution < -0.4 is 44.2 Å². The summed E-state index contributed by atoms with van der Waals surface area (Å²) in [4.78, 5) is 66.4. The fourth-order valence-corrected chi connectivity index (χ4v) is 5.40. The standard InChI is InChI=1S/C36H56N8O8/c37-18-4-1-7-27(40)32(47)43-30(21-23-10-14-25(45)15-11-23)34(49)41-28(8-2-5-19-38)33(48)44-31(22-24-12-16-26(46)17-13-24)35(50)42-29(36(51)52)9-3-6-20-39/h10-17,27-31,45-46H,1-9,18-22,37-40H2,(H,41,49)(H,42,50)(H,43,47)(H,44,48)(H,51,52)/t27-,28+,29-,30-,31-/m1/s1. The number of carbonyl (C=O) groups excluding carboxylic acids is 4. The minimum Gasteiger partial charge on any atom is -0.508 e. The Balaban J connectivity index is 2.36. The lowest BCUT2D eigenvalue weighted by Crippen LogP contribution is -2.59. The molecule has 15 N–H and O–H groups in total. The zero-order chi connectivity index (χ0) is 38.5. The number of unbranched alkanes of at least 4 members (excludes halogenated alkanes) is 3. The minimum atomic E-state index is -1.26. The molecule has 0 fully saturated rings. The second-order valence-corrected chi connectivity index (χ2v) is 12.8. The molecule has 0 spiro atoms. The molecule has 2 rings (SSSR count). The lowest BCUT2D eigenvalue weighted by Gasteiger charge is -2.27. The molecule has 0 radical (unpaired) electrons. The van der Waals surface area contributed by atoms with Crippen LogP contribution in [-0.2, 0) is 36.8 Å². The third-order valence-electron chi connectivity index (χ3n) is 8.47. The maximum Gasteiger partial charge on any atom is 0.326 e. The minimum absolute atomic E-state index is 0.00669. The van der Waals surface area contributed by atoms with E-state index in [1.807, 2.05) is 0 Å². The Morgan fingerprint density at radius 1 is 0.500 bits per heavy atom. The van der Waals surface area contributed by atoms with Gasteiger partial charge in [0.05, 0.1) is 6.04 Å². The Bertz CT molecular complexity index is 1410. The zero-order valence-electron chi connectivity index (χ0n) is 29.6. The summed E-state index contributed by atoms with van der Waals surface area (Å²) in [5.74, 6) is -3.95. The van der Waals surface area contributed by atoms with Crippen molar-refractivity contribution >= 4 is 29.6 Å². The van der Waals surface area contributed by atoms with Gasteiger partial charge in [-0.25, -0.2) is 4.79 Å². The molecule has 0 saturated heterocycles.